The number of aromatic nitrogens is 2. The maximum Gasteiger partial charge on any atom is 0.160 e. The molecule has 4 nitrogen and oxygen atoms in total. The zero-order valence-corrected chi connectivity index (χ0v) is 36.2. The van der Waals surface area contributed by atoms with Gasteiger partial charge in [-0.2, -0.15) is 0 Å². The van der Waals surface area contributed by atoms with Crippen molar-refractivity contribution in [1.82, 2.24) is 9.13 Å². The predicted molar refractivity (Wildman–Crippen MR) is 279 cm³/mol. The summed E-state index contributed by atoms with van der Waals surface area (Å²) in [7, 11) is 0. The van der Waals surface area contributed by atoms with Crippen LogP contribution in [0.1, 0.15) is 22.3 Å². The minimum absolute atomic E-state index is 0.646. The van der Waals surface area contributed by atoms with Crippen molar-refractivity contribution in [3.8, 4) is 11.4 Å². The van der Waals surface area contributed by atoms with Crippen LogP contribution in [0, 0.1) is 0 Å². The van der Waals surface area contributed by atoms with Crippen LogP contribution in [-0.2, 0) is 6.42 Å². The van der Waals surface area contributed by atoms with Crippen molar-refractivity contribution in [2.24, 2.45) is 4.99 Å². The van der Waals surface area contributed by atoms with E-state index >= 15 is 0 Å². The molecular formula is C63H37N3O. The maximum absolute atomic E-state index is 7.05. The summed E-state index contributed by atoms with van der Waals surface area (Å²) < 4.78 is 11.9. The van der Waals surface area contributed by atoms with Gasteiger partial charge in [0.2, 0.25) is 0 Å². The Labute approximate surface area is 384 Å². The van der Waals surface area contributed by atoms with E-state index in [0.717, 1.165) is 89.1 Å². The highest BCUT2D eigenvalue weighted by Crippen LogP contribution is 2.47. The van der Waals surface area contributed by atoms with Gasteiger partial charge in [-0.05, 0) is 93.3 Å². The van der Waals surface area contributed by atoms with Crippen molar-refractivity contribution in [2.45, 2.75) is 6.42 Å². The Morgan fingerprint density at radius 1 is 0.448 bits per heavy atom. The smallest absolute Gasteiger partial charge is 0.160 e. The van der Waals surface area contributed by atoms with Gasteiger partial charge in [0, 0.05) is 72.8 Å². The van der Waals surface area contributed by atoms with Crippen molar-refractivity contribution in [3.05, 3.63) is 246 Å². The number of allylic oxidation sites excluding steroid dienone is 2. The van der Waals surface area contributed by atoms with Crippen LogP contribution in [0.4, 0.5) is 0 Å². The molecule has 2 bridgehead atoms. The molecule has 0 aliphatic carbocycles. The van der Waals surface area contributed by atoms with Crippen LogP contribution < -0.4 is 0 Å². The summed E-state index contributed by atoms with van der Waals surface area (Å²) in [5.41, 5.74) is 20.6. The van der Waals surface area contributed by atoms with Gasteiger partial charge in [0.05, 0.1) is 39.2 Å². The number of furan rings is 1. The van der Waals surface area contributed by atoms with Gasteiger partial charge < -0.3 is 13.6 Å². The van der Waals surface area contributed by atoms with Gasteiger partial charge in [0.15, 0.2) is 5.58 Å². The molecular weight excluding hydrogens is 815 g/mol. The fourth-order valence-electron chi connectivity index (χ4n) is 11.2. The van der Waals surface area contributed by atoms with Gasteiger partial charge in [-0.15, -0.1) is 5.73 Å². The molecule has 67 heavy (non-hydrogen) atoms. The summed E-state index contributed by atoms with van der Waals surface area (Å²) in [5.74, 6) is 0. The summed E-state index contributed by atoms with van der Waals surface area (Å²) in [6.45, 7) is 0. The third-order valence-electron chi connectivity index (χ3n) is 14.3. The van der Waals surface area contributed by atoms with Crippen LogP contribution >= 0.6 is 0 Å². The third-order valence-corrected chi connectivity index (χ3v) is 14.3. The molecule has 0 unspecified atom stereocenters. The average Bonchev–Trinajstić information content (AvgIpc) is 3.98. The summed E-state index contributed by atoms with van der Waals surface area (Å²) in [4.78, 5) is 5.81. The number of nitrogens with zero attached hydrogens (tertiary/aromatic N) is 3. The molecule has 0 radical (unpaired) electrons. The zero-order valence-electron chi connectivity index (χ0n) is 36.2. The van der Waals surface area contributed by atoms with Crippen LogP contribution in [0.15, 0.2) is 233 Å². The van der Waals surface area contributed by atoms with E-state index in [9.17, 15) is 0 Å². The molecule has 0 saturated carbocycles. The largest absolute Gasteiger partial charge is 0.454 e. The first kappa shape index (κ1) is 36.4. The van der Waals surface area contributed by atoms with Crippen LogP contribution in [0.5, 0.6) is 0 Å². The monoisotopic (exact) mass is 851 g/mol. The third kappa shape index (κ3) is 5.33. The second-order valence-corrected chi connectivity index (χ2v) is 18.0. The molecule has 0 fully saturated rings. The van der Waals surface area contributed by atoms with Crippen molar-refractivity contribution in [1.29, 1.82) is 0 Å². The highest BCUT2D eigenvalue weighted by molar-refractivity contribution is 6.20. The minimum atomic E-state index is 0.646. The molecule has 2 aliphatic rings. The molecule has 0 N–H and O–H groups in total. The topological polar surface area (TPSA) is 35.4 Å². The van der Waals surface area contributed by atoms with E-state index in [4.69, 9.17) is 9.41 Å². The van der Waals surface area contributed by atoms with E-state index in [1.807, 2.05) is 0 Å². The van der Waals surface area contributed by atoms with Crippen LogP contribution in [-0.4, -0.2) is 14.8 Å². The lowest BCUT2D eigenvalue weighted by Gasteiger charge is -2.18. The SMILES string of the molecule is C1=CC(c2ccc3c4ccccc4n(-c4ccccc4)c3c2)=NC(c2ccc3ccccc3c2)=C2Cc3ccc4c5cc6ccccc6cc5n(c4c3)-c3c(ccc4c3oc3ccccc34)C=12. The lowest BCUT2D eigenvalue weighted by atomic mass is 9.88. The fourth-order valence-corrected chi connectivity index (χ4v) is 11.2. The molecule has 0 amide bonds. The molecule has 0 spiro atoms. The highest BCUT2D eigenvalue weighted by Gasteiger charge is 2.29. The number of rotatable bonds is 3. The Hall–Kier alpha value is -8.95. The Bertz CT molecular complexity index is 4450. The summed E-state index contributed by atoms with van der Waals surface area (Å²) >= 11 is 0. The standard InChI is InChI=1S/C63H37N3O/c1-2-16-45(17-3-1)65-56-20-10-8-18-47(56)48-27-25-43(37-58(48)65)55-31-30-46-51-28-29-52-50-19-9-11-21-60(50)67-63(52)62(51)66-57-33-38(22-26-49(57)53-35-41-14-6-7-15-42(41)36-59(53)66)32-54(46)61(64-55)44-24-23-39-12-4-5-13-40(39)34-44/h1-29,31,33-37H,32H2. The Kier molecular flexibility index (Phi) is 7.48. The summed E-state index contributed by atoms with van der Waals surface area (Å²) in [5, 5.41) is 11.8. The van der Waals surface area contributed by atoms with E-state index in [2.05, 4.69) is 227 Å². The molecule has 4 heteroatoms. The average molecular weight is 852 g/mol. The number of para-hydroxylation sites is 3. The molecule has 2 aliphatic heterocycles. The lowest BCUT2D eigenvalue weighted by molar-refractivity contribution is 0.666. The maximum atomic E-state index is 7.05. The van der Waals surface area contributed by atoms with E-state index in [1.54, 1.807) is 0 Å². The van der Waals surface area contributed by atoms with E-state index < -0.39 is 0 Å². The van der Waals surface area contributed by atoms with Crippen molar-refractivity contribution < 1.29 is 4.42 Å². The number of hydrogen-bond donors (Lipinski definition) is 0. The van der Waals surface area contributed by atoms with Gasteiger partial charge in [-0.3, -0.25) is 0 Å². The number of hydrogen-bond acceptors (Lipinski definition) is 2. The van der Waals surface area contributed by atoms with Gasteiger partial charge in [0.1, 0.15) is 5.58 Å². The first-order valence-corrected chi connectivity index (χ1v) is 23.0. The molecule has 15 rings (SSSR count). The highest BCUT2D eigenvalue weighted by atomic mass is 16.3. The fraction of sp³-hybridized carbons (Fsp3) is 0.0159. The van der Waals surface area contributed by atoms with Gasteiger partial charge >= 0.3 is 0 Å². The van der Waals surface area contributed by atoms with Crippen LogP contribution in [0.25, 0.3) is 110 Å². The Morgan fingerprint density at radius 2 is 1.10 bits per heavy atom. The van der Waals surface area contributed by atoms with Crippen molar-refractivity contribution >= 4 is 104 Å². The number of benzene rings is 10. The summed E-state index contributed by atoms with van der Waals surface area (Å²) in [6, 6.07) is 74.9. The van der Waals surface area contributed by atoms with E-state index in [0.29, 0.717) is 6.42 Å². The van der Waals surface area contributed by atoms with E-state index in [1.165, 1.54) is 54.2 Å². The quantitative estimate of drug-likeness (QED) is 0.163. The molecule has 10 aromatic carbocycles. The molecule has 3 aromatic heterocycles. The minimum Gasteiger partial charge on any atom is -0.454 e. The van der Waals surface area contributed by atoms with Gasteiger partial charge in [-0.25, -0.2) is 4.99 Å². The zero-order chi connectivity index (χ0) is 43.7. The number of aliphatic imine (C=N–C) groups is 1. The van der Waals surface area contributed by atoms with Crippen LogP contribution in [0.2, 0.25) is 0 Å². The van der Waals surface area contributed by atoms with E-state index in [-0.39, 0.29) is 0 Å². The van der Waals surface area contributed by atoms with Gasteiger partial charge in [-0.1, -0.05) is 146 Å². The molecule has 13 aromatic rings. The molecule has 0 atom stereocenters. The molecule has 5 heterocycles. The number of fused-ring (bicyclic) bond motifs is 17. The Balaban J connectivity index is 1.07. The second kappa shape index (κ2) is 13.8. The van der Waals surface area contributed by atoms with Crippen molar-refractivity contribution in [2.75, 3.05) is 0 Å². The Morgan fingerprint density at radius 3 is 1.99 bits per heavy atom. The first-order valence-electron chi connectivity index (χ1n) is 23.0. The van der Waals surface area contributed by atoms with Gasteiger partial charge in [0.25, 0.3) is 0 Å². The lowest BCUT2D eigenvalue weighted by Crippen LogP contribution is -2.03. The summed E-state index contributed by atoms with van der Waals surface area (Å²) in [6.07, 6.45) is 2.77. The normalized spacial score (nSPS) is 13.7. The first-order chi connectivity index (χ1) is 33.2. The molecule has 0 saturated heterocycles. The van der Waals surface area contributed by atoms with Crippen molar-refractivity contribution in [3.63, 3.8) is 0 Å². The second-order valence-electron chi connectivity index (χ2n) is 18.0. The molecule has 310 valence electrons. The predicted octanol–water partition coefficient (Wildman–Crippen LogP) is 16.1. The van der Waals surface area contributed by atoms with Crippen LogP contribution in [0.3, 0.4) is 0 Å².